The highest BCUT2D eigenvalue weighted by Crippen LogP contribution is 2.07. The molecule has 2 rings (SSSR count). The first-order valence-electron chi connectivity index (χ1n) is 6.78. The molecule has 1 aromatic heterocycles. The van der Waals surface area contributed by atoms with E-state index < -0.39 is 0 Å². The van der Waals surface area contributed by atoms with Crippen molar-refractivity contribution in [2.45, 2.75) is 26.7 Å². The molecule has 20 heavy (non-hydrogen) atoms. The third-order valence-electron chi connectivity index (χ3n) is 2.88. The highest BCUT2D eigenvalue weighted by Gasteiger charge is 2.09. The van der Waals surface area contributed by atoms with E-state index in [9.17, 15) is 4.79 Å². The van der Waals surface area contributed by atoms with Crippen LogP contribution in [-0.2, 0) is 17.6 Å². The van der Waals surface area contributed by atoms with E-state index in [0.29, 0.717) is 31.1 Å². The predicted molar refractivity (Wildman–Crippen MR) is 75.1 cm³/mol. The van der Waals surface area contributed by atoms with Crippen molar-refractivity contribution in [2.75, 3.05) is 6.54 Å². The molecule has 0 atom stereocenters. The maximum absolute atomic E-state index is 11.4. The van der Waals surface area contributed by atoms with Gasteiger partial charge in [-0.25, -0.2) is 0 Å². The normalized spacial score (nSPS) is 10.8. The Kier molecular flexibility index (Phi) is 4.87. The van der Waals surface area contributed by atoms with Crippen LogP contribution >= 0.6 is 0 Å². The summed E-state index contributed by atoms with van der Waals surface area (Å²) >= 11 is 0. The van der Waals surface area contributed by atoms with Crippen LogP contribution in [0.5, 0.6) is 0 Å². The smallest absolute Gasteiger partial charge is 0.231 e. The van der Waals surface area contributed by atoms with Gasteiger partial charge in [0.2, 0.25) is 11.8 Å². The average Bonchev–Trinajstić information content (AvgIpc) is 2.87. The van der Waals surface area contributed by atoms with Crippen LogP contribution in [0.25, 0.3) is 0 Å². The molecule has 2 aromatic rings. The second-order valence-electron chi connectivity index (χ2n) is 4.96. The predicted octanol–water partition coefficient (Wildman–Crippen LogP) is 1.98. The molecule has 106 valence electrons. The first-order chi connectivity index (χ1) is 9.65. The van der Waals surface area contributed by atoms with Crippen LogP contribution in [0.1, 0.15) is 31.1 Å². The van der Waals surface area contributed by atoms with Crippen LogP contribution < -0.4 is 5.32 Å². The van der Waals surface area contributed by atoms with Crippen molar-refractivity contribution in [3.63, 3.8) is 0 Å². The van der Waals surface area contributed by atoms with Crippen LogP contribution in [0.4, 0.5) is 0 Å². The molecule has 1 amide bonds. The highest BCUT2D eigenvalue weighted by atomic mass is 16.5. The Bertz CT molecular complexity index is 549. The van der Waals surface area contributed by atoms with Crippen LogP contribution in [0.3, 0.4) is 0 Å². The van der Waals surface area contributed by atoms with Gasteiger partial charge in [-0.15, -0.1) is 0 Å². The summed E-state index contributed by atoms with van der Waals surface area (Å²) in [5.41, 5.74) is 1.14. The summed E-state index contributed by atoms with van der Waals surface area (Å²) in [6.07, 6.45) is 1.21. The molecule has 0 aliphatic carbocycles. The second-order valence-corrected chi connectivity index (χ2v) is 4.96. The van der Waals surface area contributed by atoms with E-state index in [1.54, 1.807) is 0 Å². The fraction of sp³-hybridized carbons (Fsp3) is 0.400. The lowest BCUT2D eigenvalue weighted by atomic mass is 10.1. The molecule has 0 fully saturated rings. The summed E-state index contributed by atoms with van der Waals surface area (Å²) in [4.78, 5) is 15.7. The Morgan fingerprint density at radius 3 is 2.75 bits per heavy atom. The van der Waals surface area contributed by atoms with Crippen molar-refractivity contribution in [3.8, 4) is 0 Å². The van der Waals surface area contributed by atoms with E-state index in [-0.39, 0.29) is 11.8 Å². The van der Waals surface area contributed by atoms with Gasteiger partial charge in [-0.1, -0.05) is 49.3 Å². The molecule has 0 bridgehead atoms. The fourth-order valence-electron chi connectivity index (χ4n) is 1.74. The molecular weight excluding hydrogens is 254 g/mol. The molecule has 0 aliphatic rings. The van der Waals surface area contributed by atoms with Crippen molar-refractivity contribution in [3.05, 3.63) is 47.6 Å². The van der Waals surface area contributed by atoms with Gasteiger partial charge >= 0.3 is 0 Å². The van der Waals surface area contributed by atoms with Gasteiger partial charge in [0.05, 0.1) is 6.42 Å². The van der Waals surface area contributed by atoms with Gasteiger partial charge in [0, 0.05) is 18.9 Å². The number of nitrogens with zero attached hydrogens (tertiary/aromatic N) is 2. The van der Waals surface area contributed by atoms with Gasteiger partial charge in [0.25, 0.3) is 0 Å². The highest BCUT2D eigenvalue weighted by molar-refractivity contribution is 5.77. The number of aromatic nitrogens is 2. The summed E-state index contributed by atoms with van der Waals surface area (Å²) in [6, 6.07) is 9.97. The molecule has 0 saturated heterocycles. The third-order valence-corrected chi connectivity index (χ3v) is 2.88. The summed E-state index contributed by atoms with van der Waals surface area (Å²) < 4.78 is 5.20. The van der Waals surface area contributed by atoms with E-state index in [2.05, 4.69) is 15.5 Å². The minimum absolute atomic E-state index is 0.00564. The van der Waals surface area contributed by atoms with E-state index >= 15 is 0 Å². The summed E-state index contributed by atoms with van der Waals surface area (Å²) in [7, 11) is 0. The lowest BCUT2D eigenvalue weighted by Gasteiger charge is -2.05. The van der Waals surface area contributed by atoms with Crippen molar-refractivity contribution < 1.29 is 9.32 Å². The van der Waals surface area contributed by atoms with Crippen LogP contribution in [0.15, 0.2) is 34.9 Å². The van der Waals surface area contributed by atoms with Gasteiger partial charge in [-0.2, -0.15) is 4.98 Å². The van der Waals surface area contributed by atoms with E-state index in [0.717, 1.165) is 5.56 Å². The largest absolute Gasteiger partial charge is 0.355 e. The molecule has 5 nitrogen and oxygen atoms in total. The van der Waals surface area contributed by atoms with E-state index in [1.807, 2.05) is 44.2 Å². The second kappa shape index (κ2) is 6.84. The Balaban J connectivity index is 1.82. The number of hydrogen-bond acceptors (Lipinski definition) is 4. The molecule has 5 heteroatoms. The molecule has 0 spiro atoms. The monoisotopic (exact) mass is 273 g/mol. The third kappa shape index (κ3) is 4.19. The zero-order chi connectivity index (χ0) is 14.4. The summed E-state index contributed by atoms with van der Waals surface area (Å²) in [6.45, 7) is 4.25. The number of hydrogen-bond donors (Lipinski definition) is 1. The maximum Gasteiger partial charge on any atom is 0.231 e. The number of nitrogens with one attached hydrogen (secondary N) is 1. The number of carbonyl (C=O) groups excluding carboxylic acids is 1. The van der Waals surface area contributed by atoms with Gasteiger partial charge in [0.15, 0.2) is 5.82 Å². The maximum atomic E-state index is 11.4. The zero-order valence-electron chi connectivity index (χ0n) is 11.8. The lowest BCUT2D eigenvalue weighted by molar-refractivity contribution is -0.123. The number of amides is 1. The average molecular weight is 273 g/mol. The summed E-state index contributed by atoms with van der Waals surface area (Å²) in [5, 5.41) is 6.75. The lowest BCUT2D eigenvalue weighted by Crippen LogP contribution is -2.29. The van der Waals surface area contributed by atoms with Gasteiger partial charge in [-0.3, -0.25) is 4.79 Å². The van der Waals surface area contributed by atoms with Gasteiger partial charge in [0.1, 0.15) is 0 Å². The first kappa shape index (κ1) is 14.2. The topological polar surface area (TPSA) is 68.0 Å². The van der Waals surface area contributed by atoms with Gasteiger partial charge in [-0.05, 0) is 5.56 Å². The minimum Gasteiger partial charge on any atom is -0.355 e. The minimum atomic E-state index is -0.00564. The molecule has 1 N–H and O–H groups in total. The van der Waals surface area contributed by atoms with E-state index in [1.165, 1.54) is 0 Å². The molecule has 0 saturated carbocycles. The van der Waals surface area contributed by atoms with E-state index in [4.69, 9.17) is 4.52 Å². The molecule has 0 aliphatic heterocycles. The van der Waals surface area contributed by atoms with Crippen molar-refractivity contribution in [2.24, 2.45) is 5.92 Å². The Hall–Kier alpha value is -2.17. The number of rotatable bonds is 6. The van der Waals surface area contributed by atoms with Crippen molar-refractivity contribution in [1.29, 1.82) is 0 Å². The molecule has 1 heterocycles. The van der Waals surface area contributed by atoms with Crippen LogP contribution in [0, 0.1) is 5.92 Å². The molecule has 1 aromatic carbocycles. The summed E-state index contributed by atoms with van der Waals surface area (Å²) in [5.74, 6) is 1.26. The standard InChI is InChI=1S/C15H19N3O2/c1-11(2)15(19)16-9-8-13-17-14(20-18-13)10-12-6-4-3-5-7-12/h3-7,11H,8-10H2,1-2H3,(H,16,19). The Labute approximate surface area is 118 Å². The zero-order valence-corrected chi connectivity index (χ0v) is 11.8. The van der Waals surface area contributed by atoms with Crippen LogP contribution in [-0.4, -0.2) is 22.6 Å². The van der Waals surface area contributed by atoms with Crippen molar-refractivity contribution >= 4 is 5.91 Å². The Morgan fingerprint density at radius 2 is 2.05 bits per heavy atom. The SMILES string of the molecule is CC(C)C(=O)NCCc1noc(Cc2ccccc2)n1. The Morgan fingerprint density at radius 1 is 1.30 bits per heavy atom. The quantitative estimate of drug-likeness (QED) is 0.873. The van der Waals surface area contributed by atoms with Gasteiger partial charge < -0.3 is 9.84 Å². The molecule has 0 unspecified atom stereocenters. The van der Waals surface area contributed by atoms with Crippen LogP contribution in [0.2, 0.25) is 0 Å². The molecule has 0 radical (unpaired) electrons. The number of carbonyl (C=O) groups is 1. The number of benzene rings is 1. The first-order valence-corrected chi connectivity index (χ1v) is 6.78. The molecular formula is C15H19N3O2. The van der Waals surface area contributed by atoms with Crippen molar-refractivity contribution in [1.82, 2.24) is 15.5 Å². The fourth-order valence-corrected chi connectivity index (χ4v) is 1.74.